The molecule has 0 radical (unpaired) electrons. The molecule has 2 atom stereocenters. The van der Waals surface area contributed by atoms with Crippen LogP contribution >= 0.6 is 28.3 Å². The zero-order valence-electron chi connectivity index (χ0n) is 14.5. The van der Waals surface area contributed by atoms with Crippen LogP contribution < -0.4 is 5.73 Å². The molecule has 1 aromatic carbocycles. The summed E-state index contributed by atoms with van der Waals surface area (Å²) in [7, 11) is 0. The number of amides is 1. The van der Waals surface area contributed by atoms with Crippen LogP contribution in [0.5, 0.6) is 0 Å². The lowest BCUT2D eigenvalue weighted by molar-refractivity contribution is 0.0573. The van der Waals surface area contributed by atoms with E-state index in [0.717, 1.165) is 35.2 Å². The Morgan fingerprint density at radius 3 is 2.88 bits per heavy atom. The van der Waals surface area contributed by atoms with Crippen LogP contribution in [0.2, 0.25) is 0 Å². The van der Waals surface area contributed by atoms with Crippen molar-refractivity contribution in [1.29, 1.82) is 0 Å². The Balaban J connectivity index is 0.00000225. The van der Waals surface area contributed by atoms with Gasteiger partial charge in [0, 0.05) is 23.6 Å². The van der Waals surface area contributed by atoms with Crippen molar-refractivity contribution in [3.05, 3.63) is 46.2 Å². The highest BCUT2D eigenvalue weighted by Crippen LogP contribution is 2.25. The van der Waals surface area contributed by atoms with Gasteiger partial charge in [-0.2, -0.15) is 5.10 Å². The van der Waals surface area contributed by atoms with Gasteiger partial charge in [-0.05, 0) is 43.9 Å². The molecule has 1 saturated heterocycles. The number of aromatic nitrogens is 2. The molecule has 2 unspecified atom stereocenters. The van der Waals surface area contributed by atoms with Crippen LogP contribution in [0.4, 0.5) is 0 Å². The molecule has 1 aliphatic heterocycles. The van der Waals surface area contributed by atoms with Gasteiger partial charge in [0.25, 0.3) is 5.91 Å². The molecule has 5 nitrogen and oxygen atoms in total. The second kappa shape index (κ2) is 8.34. The first-order chi connectivity index (χ1) is 11.5. The summed E-state index contributed by atoms with van der Waals surface area (Å²) in [5, 5.41) is 4.43. The van der Waals surface area contributed by atoms with Crippen LogP contribution in [0.3, 0.4) is 0 Å². The Morgan fingerprint density at radius 1 is 1.44 bits per heavy atom. The molecule has 0 aliphatic carbocycles. The summed E-state index contributed by atoms with van der Waals surface area (Å²) >= 11 is 3.47. The fraction of sp³-hybridized carbons (Fsp3) is 0.444. The van der Waals surface area contributed by atoms with E-state index < -0.39 is 0 Å². The van der Waals surface area contributed by atoms with Gasteiger partial charge >= 0.3 is 0 Å². The van der Waals surface area contributed by atoms with Crippen molar-refractivity contribution in [3.63, 3.8) is 0 Å². The quantitative estimate of drug-likeness (QED) is 0.814. The van der Waals surface area contributed by atoms with Gasteiger partial charge in [-0.15, -0.1) is 12.4 Å². The Bertz CT molecular complexity index is 748. The molecule has 7 heteroatoms. The first-order valence-electron chi connectivity index (χ1n) is 8.33. The van der Waals surface area contributed by atoms with Crippen LogP contribution in [0.25, 0.3) is 5.69 Å². The Morgan fingerprint density at radius 2 is 2.20 bits per heavy atom. The molecule has 25 heavy (non-hydrogen) atoms. The predicted octanol–water partition coefficient (Wildman–Crippen LogP) is 3.56. The number of halogens is 2. The lowest BCUT2D eigenvalue weighted by Crippen LogP contribution is -2.49. The van der Waals surface area contributed by atoms with E-state index in [2.05, 4.69) is 28.0 Å². The van der Waals surface area contributed by atoms with Gasteiger partial charge < -0.3 is 10.6 Å². The van der Waals surface area contributed by atoms with Crippen molar-refractivity contribution in [2.24, 2.45) is 11.7 Å². The minimum absolute atomic E-state index is 0. The van der Waals surface area contributed by atoms with E-state index >= 15 is 0 Å². The molecular formula is C18H24BrClN4O. The molecule has 3 rings (SSSR count). The zero-order chi connectivity index (χ0) is 17.3. The number of piperidine rings is 1. The van der Waals surface area contributed by atoms with Gasteiger partial charge in [-0.3, -0.25) is 4.79 Å². The fourth-order valence-corrected chi connectivity index (χ4v) is 3.77. The van der Waals surface area contributed by atoms with E-state index in [4.69, 9.17) is 5.73 Å². The van der Waals surface area contributed by atoms with Gasteiger partial charge in [-0.25, -0.2) is 4.68 Å². The lowest BCUT2D eigenvalue weighted by Gasteiger charge is -2.38. The Hall–Kier alpha value is -1.37. The summed E-state index contributed by atoms with van der Waals surface area (Å²) in [6.07, 6.45) is 3.67. The number of nitrogens with two attached hydrogens (primary N) is 1. The van der Waals surface area contributed by atoms with E-state index in [-0.39, 0.29) is 24.4 Å². The molecule has 2 heterocycles. The SMILES string of the molecule is Cc1c(C(=O)N2CCC(C)CC2CN)cnn1-c1cccc(Br)c1.Cl. The molecule has 1 amide bonds. The number of carbonyl (C=O) groups is 1. The van der Waals surface area contributed by atoms with Crippen LogP contribution in [-0.2, 0) is 0 Å². The topological polar surface area (TPSA) is 64.2 Å². The number of benzene rings is 1. The maximum atomic E-state index is 13.0. The normalized spacial score (nSPS) is 20.2. The molecule has 1 fully saturated rings. The highest BCUT2D eigenvalue weighted by Gasteiger charge is 2.31. The number of rotatable bonds is 3. The highest BCUT2D eigenvalue weighted by atomic mass is 79.9. The van der Waals surface area contributed by atoms with Crippen molar-refractivity contribution >= 4 is 34.2 Å². The number of nitrogens with zero attached hydrogens (tertiary/aromatic N) is 3. The van der Waals surface area contributed by atoms with Gasteiger partial charge in [-0.1, -0.05) is 28.9 Å². The molecule has 0 spiro atoms. The van der Waals surface area contributed by atoms with Crippen LogP contribution in [0, 0.1) is 12.8 Å². The molecule has 2 aromatic rings. The largest absolute Gasteiger partial charge is 0.334 e. The third-order valence-corrected chi connectivity index (χ3v) is 5.30. The van der Waals surface area contributed by atoms with Crippen LogP contribution in [0.15, 0.2) is 34.9 Å². The summed E-state index contributed by atoms with van der Waals surface area (Å²) in [6.45, 7) is 5.43. The summed E-state index contributed by atoms with van der Waals surface area (Å²) in [5.74, 6) is 0.657. The van der Waals surface area contributed by atoms with Crippen molar-refractivity contribution in [1.82, 2.24) is 14.7 Å². The number of carbonyl (C=O) groups excluding carboxylic acids is 1. The Kier molecular flexibility index (Phi) is 6.65. The van der Waals surface area contributed by atoms with Crippen LogP contribution in [0.1, 0.15) is 35.8 Å². The smallest absolute Gasteiger partial charge is 0.257 e. The standard InChI is InChI=1S/C18H23BrN4O.ClH/c1-12-6-7-22(16(8-12)10-20)18(24)17-11-21-23(13(17)2)15-5-3-4-14(19)9-15;/h3-5,9,11-12,16H,6-8,10,20H2,1-2H3;1H. The molecule has 0 saturated carbocycles. The van der Waals surface area contributed by atoms with E-state index in [1.807, 2.05) is 40.8 Å². The molecule has 1 aromatic heterocycles. The van der Waals surface area contributed by atoms with Crippen LogP contribution in [-0.4, -0.2) is 39.7 Å². The first kappa shape index (κ1) is 19.9. The summed E-state index contributed by atoms with van der Waals surface area (Å²) in [5.41, 5.74) is 8.35. The second-order valence-electron chi connectivity index (χ2n) is 6.55. The van der Waals surface area contributed by atoms with Crippen molar-refractivity contribution < 1.29 is 4.79 Å². The molecular weight excluding hydrogens is 404 g/mol. The van der Waals surface area contributed by atoms with Gasteiger partial charge in [0.1, 0.15) is 0 Å². The van der Waals surface area contributed by atoms with Crippen molar-refractivity contribution in [2.75, 3.05) is 13.1 Å². The first-order valence-corrected chi connectivity index (χ1v) is 9.12. The maximum Gasteiger partial charge on any atom is 0.257 e. The van der Waals surface area contributed by atoms with Gasteiger partial charge in [0.05, 0.1) is 23.1 Å². The third-order valence-electron chi connectivity index (χ3n) is 4.80. The summed E-state index contributed by atoms with van der Waals surface area (Å²) in [6, 6.07) is 8.01. The number of hydrogen-bond acceptors (Lipinski definition) is 3. The minimum atomic E-state index is 0. The van der Waals surface area contributed by atoms with E-state index in [1.54, 1.807) is 6.20 Å². The molecule has 136 valence electrons. The molecule has 1 aliphatic rings. The minimum Gasteiger partial charge on any atom is -0.334 e. The summed E-state index contributed by atoms with van der Waals surface area (Å²) < 4.78 is 2.79. The average Bonchev–Trinajstić information content (AvgIpc) is 2.95. The number of likely N-dealkylation sites (tertiary alicyclic amines) is 1. The van der Waals surface area contributed by atoms with Gasteiger partial charge in [0.15, 0.2) is 0 Å². The van der Waals surface area contributed by atoms with E-state index in [0.29, 0.717) is 18.0 Å². The highest BCUT2D eigenvalue weighted by molar-refractivity contribution is 9.10. The van der Waals surface area contributed by atoms with E-state index in [9.17, 15) is 4.79 Å². The Labute approximate surface area is 163 Å². The monoisotopic (exact) mass is 426 g/mol. The average molecular weight is 428 g/mol. The second-order valence-corrected chi connectivity index (χ2v) is 7.47. The maximum absolute atomic E-state index is 13.0. The number of hydrogen-bond donors (Lipinski definition) is 1. The van der Waals surface area contributed by atoms with E-state index in [1.165, 1.54) is 0 Å². The third kappa shape index (κ3) is 4.07. The molecule has 0 bridgehead atoms. The van der Waals surface area contributed by atoms with Gasteiger partial charge in [0.2, 0.25) is 0 Å². The van der Waals surface area contributed by atoms with Crippen molar-refractivity contribution in [2.45, 2.75) is 32.7 Å². The van der Waals surface area contributed by atoms with Crippen molar-refractivity contribution in [3.8, 4) is 5.69 Å². The lowest BCUT2D eigenvalue weighted by atomic mass is 9.92. The summed E-state index contributed by atoms with van der Waals surface area (Å²) in [4.78, 5) is 14.9. The molecule has 2 N–H and O–H groups in total. The zero-order valence-corrected chi connectivity index (χ0v) is 16.9. The predicted molar refractivity (Wildman–Crippen MR) is 106 cm³/mol. The fourth-order valence-electron chi connectivity index (χ4n) is 3.38.